The van der Waals surface area contributed by atoms with Crippen LogP contribution in [0.2, 0.25) is 5.02 Å². The van der Waals surface area contributed by atoms with Gasteiger partial charge in [-0.3, -0.25) is 0 Å². The maximum Gasteiger partial charge on any atom is 0.156 e. The number of nitrogens with one attached hydrogen (secondary N) is 1. The molecule has 19 heavy (non-hydrogen) atoms. The average molecular weight is 306 g/mol. The fraction of sp³-hybridized carbons (Fsp3) is 0.538. The van der Waals surface area contributed by atoms with Crippen molar-refractivity contribution in [1.82, 2.24) is 5.32 Å². The van der Waals surface area contributed by atoms with Crippen molar-refractivity contribution in [3.8, 4) is 0 Å². The molecule has 1 unspecified atom stereocenters. The molecule has 0 aliphatic carbocycles. The van der Waals surface area contributed by atoms with Crippen molar-refractivity contribution >= 4 is 21.4 Å². The topological polar surface area (TPSA) is 66.4 Å². The lowest BCUT2D eigenvalue weighted by atomic mass is 10.2. The van der Waals surface area contributed by atoms with Gasteiger partial charge in [-0.05, 0) is 24.6 Å². The van der Waals surface area contributed by atoms with Crippen molar-refractivity contribution in [2.75, 3.05) is 18.9 Å². The Hall–Kier alpha value is -0.620. The molecule has 0 aliphatic rings. The smallest absolute Gasteiger partial charge is 0.156 e. The van der Waals surface area contributed by atoms with E-state index in [0.717, 1.165) is 0 Å². The summed E-state index contributed by atoms with van der Waals surface area (Å²) in [7, 11) is -3.26. The van der Waals surface area contributed by atoms with E-state index in [2.05, 4.69) is 5.32 Å². The first kappa shape index (κ1) is 16.4. The third-order valence-electron chi connectivity index (χ3n) is 2.76. The molecule has 6 heteroatoms. The van der Waals surface area contributed by atoms with Gasteiger partial charge in [-0.1, -0.05) is 36.7 Å². The summed E-state index contributed by atoms with van der Waals surface area (Å²) < 4.78 is 24.3. The SMILES string of the molecule is CCNC(CCO)CS(=O)(=O)Cc1ccccc1Cl. The van der Waals surface area contributed by atoms with E-state index in [1.54, 1.807) is 24.3 Å². The fourth-order valence-corrected chi connectivity index (χ4v) is 3.93. The first-order chi connectivity index (χ1) is 8.98. The van der Waals surface area contributed by atoms with Gasteiger partial charge in [0.15, 0.2) is 9.84 Å². The molecule has 0 amide bonds. The summed E-state index contributed by atoms with van der Waals surface area (Å²) in [5, 5.41) is 12.5. The van der Waals surface area contributed by atoms with Gasteiger partial charge in [0.2, 0.25) is 0 Å². The lowest BCUT2D eigenvalue weighted by molar-refractivity contribution is 0.270. The number of halogens is 1. The van der Waals surface area contributed by atoms with Crippen LogP contribution in [0, 0.1) is 0 Å². The summed E-state index contributed by atoms with van der Waals surface area (Å²) in [6.45, 7) is 2.55. The molecule has 1 aromatic carbocycles. The molecule has 4 nitrogen and oxygen atoms in total. The van der Waals surface area contributed by atoms with Gasteiger partial charge in [0.05, 0.1) is 11.5 Å². The van der Waals surface area contributed by atoms with Crippen LogP contribution in [0.5, 0.6) is 0 Å². The lowest BCUT2D eigenvalue weighted by Crippen LogP contribution is -2.36. The van der Waals surface area contributed by atoms with Crippen molar-refractivity contribution in [2.24, 2.45) is 0 Å². The van der Waals surface area contributed by atoms with E-state index in [0.29, 0.717) is 23.6 Å². The monoisotopic (exact) mass is 305 g/mol. The van der Waals surface area contributed by atoms with E-state index in [1.165, 1.54) is 0 Å². The first-order valence-corrected chi connectivity index (χ1v) is 8.46. The van der Waals surface area contributed by atoms with Crippen LogP contribution < -0.4 is 5.32 Å². The maximum absolute atomic E-state index is 12.1. The zero-order valence-electron chi connectivity index (χ0n) is 11.0. The number of benzene rings is 1. The number of sulfone groups is 1. The minimum absolute atomic E-state index is 0.00657. The first-order valence-electron chi connectivity index (χ1n) is 6.26. The van der Waals surface area contributed by atoms with Gasteiger partial charge < -0.3 is 10.4 Å². The second kappa shape index (κ2) is 7.85. The van der Waals surface area contributed by atoms with Crippen molar-refractivity contribution in [3.05, 3.63) is 34.9 Å². The van der Waals surface area contributed by atoms with Crippen molar-refractivity contribution < 1.29 is 13.5 Å². The highest BCUT2D eigenvalue weighted by atomic mass is 35.5. The molecule has 0 saturated heterocycles. The van der Waals surface area contributed by atoms with Gasteiger partial charge in [-0.15, -0.1) is 0 Å². The third-order valence-corrected chi connectivity index (χ3v) is 4.79. The Morgan fingerprint density at radius 2 is 2.05 bits per heavy atom. The Balaban J connectivity index is 2.72. The van der Waals surface area contributed by atoms with Gasteiger partial charge in [0.25, 0.3) is 0 Å². The summed E-state index contributed by atoms with van der Waals surface area (Å²) in [5.74, 6) is -0.0629. The Bertz CT molecular complexity index is 484. The van der Waals surface area contributed by atoms with Crippen molar-refractivity contribution in [3.63, 3.8) is 0 Å². The molecule has 1 atom stereocenters. The molecule has 0 radical (unpaired) electrons. The molecule has 108 valence electrons. The molecule has 2 N–H and O–H groups in total. The highest BCUT2D eigenvalue weighted by Crippen LogP contribution is 2.18. The zero-order valence-corrected chi connectivity index (χ0v) is 12.5. The minimum atomic E-state index is -3.26. The van der Waals surface area contributed by atoms with E-state index in [4.69, 9.17) is 16.7 Å². The number of rotatable bonds is 8. The van der Waals surface area contributed by atoms with Crippen molar-refractivity contribution in [2.45, 2.75) is 25.1 Å². The molecular weight excluding hydrogens is 286 g/mol. The van der Waals surface area contributed by atoms with Crippen LogP contribution in [-0.4, -0.2) is 38.5 Å². The predicted molar refractivity (Wildman–Crippen MR) is 78.1 cm³/mol. The van der Waals surface area contributed by atoms with E-state index >= 15 is 0 Å². The Kier molecular flexibility index (Phi) is 6.79. The number of hydrogen-bond donors (Lipinski definition) is 2. The van der Waals surface area contributed by atoms with E-state index in [1.807, 2.05) is 6.92 Å². The standard InChI is InChI=1S/C13H20ClNO3S/c1-2-15-12(7-8-16)10-19(17,18)9-11-5-3-4-6-13(11)14/h3-6,12,15-16H,2,7-10H2,1H3. The molecule has 0 heterocycles. The van der Waals surface area contributed by atoms with Gasteiger partial charge in [-0.2, -0.15) is 0 Å². The number of aliphatic hydroxyl groups is 1. The molecule has 0 bridgehead atoms. The van der Waals surface area contributed by atoms with E-state index in [-0.39, 0.29) is 24.2 Å². The summed E-state index contributed by atoms with van der Waals surface area (Å²) >= 11 is 5.97. The second-order valence-electron chi connectivity index (χ2n) is 4.41. The van der Waals surface area contributed by atoms with Crippen LogP contribution in [0.25, 0.3) is 0 Å². The van der Waals surface area contributed by atoms with Crippen LogP contribution in [-0.2, 0) is 15.6 Å². The molecule has 0 aliphatic heterocycles. The summed E-state index contributed by atoms with van der Waals surface area (Å²) in [6.07, 6.45) is 0.426. The molecule has 0 fully saturated rings. The second-order valence-corrected chi connectivity index (χ2v) is 6.93. The highest BCUT2D eigenvalue weighted by molar-refractivity contribution is 7.90. The molecule has 0 aromatic heterocycles. The van der Waals surface area contributed by atoms with Gasteiger partial charge in [0.1, 0.15) is 0 Å². The molecule has 0 saturated carbocycles. The highest BCUT2D eigenvalue weighted by Gasteiger charge is 2.19. The zero-order chi connectivity index (χ0) is 14.3. The number of aliphatic hydroxyl groups excluding tert-OH is 1. The van der Waals surface area contributed by atoms with E-state index < -0.39 is 9.84 Å². The van der Waals surface area contributed by atoms with Crippen LogP contribution in [0.15, 0.2) is 24.3 Å². The quantitative estimate of drug-likeness (QED) is 0.766. The Morgan fingerprint density at radius 1 is 1.37 bits per heavy atom. The van der Waals surface area contributed by atoms with Crippen LogP contribution in [0.3, 0.4) is 0 Å². The van der Waals surface area contributed by atoms with Crippen LogP contribution in [0.1, 0.15) is 18.9 Å². The maximum atomic E-state index is 12.1. The molecular formula is C13H20ClNO3S. The van der Waals surface area contributed by atoms with E-state index in [9.17, 15) is 8.42 Å². The summed E-state index contributed by atoms with van der Waals surface area (Å²) in [4.78, 5) is 0. The van der Waals surface area contributed by atoms with Crippen LogP contribution in [0.4, 0.5) is 0 Å². The van der Waals surface area contributed by atoms with Crippen LogP contribution >= 0.6 is 11.6 Å². The Labute approximate surface area is 119 Å². The average Bonchev–Trinajstić information content (AvgIpc) is 2.32. The predicted octanol–water partition coefficient (Wildman–Crippen LogP) is 1.62. The normalized spacial score (nSPS) is 13.4. The summed E-state index contributed by atoms with van der Waals surface area (Å²) in [5.41, 5.74) is 0.614. The lowest BCUT2D eigenvalue weighted by Gasteiger charge is -2.17. The molecule has 1 aromatic rings. The third kappa shape index (κ3) is 5.91. The molecule has 0 spiro atoms. The summed E-state index contributed by atoms with van der Waals surface area (Å²) in [6, 6.07) is 6.72. The van der Waals surface area contributed by atoms with Gasteiger partial charge in [-0.25, -0.2) is 8.42 Å². The van der Waals surface area contributed by atoms with Crippen molar-refractivity contribution in [1.29, 1.82) is 0 Å². The van der Waals surface area contributed by atoms with Gasteiger partial charge in [0, 0.05) is 17.7 Å². The fourth-order valence-electron chi connectivity index (χ4n) is 1.91. The Morgan fingerprint density at radius 3 is 2.63 bits per heavy atom. The van der Waals surface area contributed by atoms with Gasteiger partial charge >= 0.3 is 0 Å². The minimum Gasteiger partial charge on any atom is -0.396 e. The number of hydrogen-bond acceptors (Lipinski definition) is 4. The molecule has 1 rings (SSSR count). The largest absolute Gasteiger partial charge is 0.396 e.